The summed E-state index contributed by atoms with van der Waals surface area (Å²) >= 11 is 5.19. The molecular weight excluding hydrogens is 233 g/mol. The van der Waals surface area contributed by atoms with Crippen LogP contribution in [-0.2, 0) is 11.0 Å². The predicted molar refractivity (Wildman–Crippen MR) is 48.6 cm³/mol. The third-order valence-corrected chi connectivity index (χ3v) is 1.70. The number of aromatic nitrogens is 1. The van der Waals surface area contributed by atoms with Gasteiger partial charge in [-0.15, -0.1) is 11.6 Å². The zero-order valence-corrected chi connectivity index (χ0v) is 8.06. The van der Waals surface area contributed by atoms with E-state index in [1.165, 1.54) is 0 Å². The minimum Gasteiger partial charge on any atom is -0.324 e. The number of carbonyl (C=O) groups is 1. The minimum absolute atomic E-state index is 0.175. The Morgan fingerprint density at radius 1 is 1.47 bits per heavy atom. The topological polar surface area (TPSA) is 42.0 Å². The number of carbonyl (C=O) groups excluding carboxylic acids is 1. The first-order valence-corrected chi connectivity index (χ1v) is 4.36. The molecule has 0 spiro atoms. The molecule has 0 atom stereocenters. The van der Waals surface area contributed by atoms with Gasteiger partial charge in [-0.05, 0) is 12.1 Å². The fraction of sp³-hybridized carbons (Fsp3) is 0.250. The summed E-state index contributed by atoms with van der Waals surface area (Å²) in [7, 11) is 0. The number of hydrogen-bond donors (Lipinski definition) is 1. The third kappa shape index (κ3) is 3.39. The molecule has 1 amide bonds. The number of rotatable bonds is 2. The van der Waals surface area contributed by atoms with Crippen LogP contribution in [0.2, 0.25) is 0 Å². The van der Waals surface area contributed by atoms with Crippen molar-refractivity contribution in [2.45, 2.75) is 6.18 Å². The Kier molecular flexibility index (Phi) is 3.52. The van der Waals surface area contributed by atoms with E-state index >= 15 is 0 Å². The summed E-state index contributed by atoms with van der Waals surface area (Å²) in [5.41, 5.74) is -0.833. The maximum Gasteiger partial charge on any atom is 0.433 e. The maximum absolute atomic E-state index is 12.1. The molecule has 3 nitrogen and oxygen atoms in total. The molecule has 0 fully saturated rings. The van der Waals surface area contributed by atoms with E-state index in [-0.39, 0.29) is 11.6 Å². The Hall–Kier alpha value is -1.30. The standard InChI is InChI=1S/C8H6ClF3N2O/c9-3-7(15)14-5-1-2-6(13-4-5)8(10,11)12/h1-2,4H,3H2,(H,14,15). The molecule has 0 aliphatic rings. The molecule has 0 aromatic carbocycles. The SMILES string of the molecule is O=C(CCl)Nc1ccc(C(F)(F)F)nc1. The zero-order valence-electron chi connectivity index (χ0n) is 7.31. The van der Waals surface area contributed by atoms with Gasteiger partial charge >= 0.3 is 6.18 Å². The average Bonchev–Trinajstić information content (AvgIpc) is 2.17. The molecule has 0 radical (unpaired) electrons. The van der Waals surface area contributed by atoms with Gasteiger partial charge in [-0.2, -0.15) is 13.2 Å². The van der Waals surface area contributed by atoms with Crippen molar-refractivity contribution in [1.82, 2.24) is 4.98 Å². The van der Waals surface area contributed by atoms with E-state index in [4.69, 9.17) is 11.6 Å². The van der Waals surface area contributed by atoms with Crippen LogP contribution in [0.25, 0.3) is 0 Å². The van der Waals surface area contributed by atoms with Crippen molar-refractivity contribution in [3.05, 3.63) is 24.0 Å². The Morgan fingerprint density at radius 3 is 2.53 bits per heavy atom. The van der Waals surface area contributed by atoms with Gasteiger partial charge in [0.05, 0.1) is 11.9 Å². The van der Waals surface area contributed by atoms with Gasteiger partial charge in [-0.25, -0.2) is 4.98 Å². The lowest BCUT2D eigenvalue weighted by Crippen LogP contribution is -2.13. The summed E-state index contributed by atoms with van der Waals surface area (Å²) in [6, 6.07) is 1.89. The van der Waals surface area contributed by atoms with E-state index < -0.39 is 17.8 Å². The van der Waals surface area contributed by atoms with Crippen molar-refractivity contribution in [3.63, 3.8) is 0 Å². The van der Waals surface area contributed by atoms with Crippen LogP contribution in [-0.4, -0.2) is 16.8 Å². The summed E-state index contributed by atoms with van der Waals surface area (Å²) in [5.74, 6) is -0.765. The quantitative estimate of drug-likeness (QED) is 0.803. The second-order valence-corrected chi connectivity index (χ2v) is 2.88. The number of nitrogens with zero attached hydrogens (tertiary/aromatic N) is 1. The number of anilines is 1. The molecule has 1 aromatic heterocycles. The highest BCUT2D eigenvalue weighted by molar-refractivity contribution is 6.29. The maximum atomic E-state index is 12.1. The van der Waals surface area contributed by atoms with E-state index in [1.807, 2.05) is 0 Å². The molecule has 0 unspecified atom stereocenters. The molecule has 1 N–H and O–H groups in total. The summed E-state index contributed by atoms with van der Waals surface area (Å²) < 4.78 is 36.2. The van der Waals surface area contributed by atoms with Gasteiger partial charge in [0.15, 0.2) is 0 Å². The van der Waals surface area contributed by atoms with E-state index in [2.05, 4.69) is 10.3 Å². The Labute approximate surface area is 88.3 Å². The number of alkyl halides is 4. The number of hydrogen-bond acceptors (Lipinski definition) is 2. The third-order valence-electron chi connectivity index (χ3n) is 1.46. The largest absolute Gasteiger partial charge is 0.433 e. The van der Waals surface area contributed by atoms with Crippen molar-refractivity contribution in [1.29, 1.82) is 0 Å². The molecule has 0 saturated heterocycles. The molecule has 82 valence electrons. The van der Waals surface area contributed by atoms with Crippen molar-refractivity contribution in [2.24, 2.45) is 0 Å². The highest BCUT2D eigenvalue weighted by Gasteiger charge is 2.31. The zero-order chi connectivity index (χ0) is 11.5. The second-order valence-electron chi connectivity index (χ2n) is 2.61. The first-order chi connectivity index (χ1) is 6.93. The fourth-order valence-electron chi connectivity index (χ4n) is 0.830. The molecule has 1 heterocycles. The van der Waals surface area contributed by atoms with Gasteiger partial charge in [-0.1, -0.05) is 0 Å². The van der Waals surface area contributed by atoms with Gasteiger partial charge in [0.2, 0.25) is 5.91 Å². The smallest absolute Gasteiger partial charge is 0.324 e. The summed E-state index contributed by atoms with van der Waals surface area (Å²) in [6.45, 7) is 0. The summed E-state index contributed by atoms with van der Waals surface area (Å²) in [6.07, 6.45) is -3.55. The lowest BCUT2D eigenvalue weighted by Gasteiger charge is -2.06. The number of nitrogens with one attached hydrogen (secondary N) is 1. The van der Waals surface area contributed by atoms with Crippen molar-refractivity contribution < 1.29 is 18.0 Å². The molecular formula is C8H6ClF3N2O. The lowest BCUT2D eigenvalue weighted by molar-refractivity contribution is -0.141. The highest BCUT2D eigenvalue weighted by atomic mass is 35.5. The summed E-state index contributed by atoms with van der Waals surface area (Å²) in [5, 5.41) is 2.27. The Bertz CT molecular complexity index is 350. The molecule has 0 saturated carbocycles. The lowest BCUT2D eigenvalue weighted by atomic mass is 10.3. The van der Waals surface area contributed by atoms with Crippen LogP contribution in [0.5, 0.6) is 0 Å². The monoisotopic (exact) mass is 238 g/mol. The Morgan fingerprint density at radius 2 is 2.13 bits per heavy atom. The van der Waals surface area contributed by atoms with E-state index in [9.17, 15) is 18.0 Å². The van der Waals surface area contributed by atoms with Crippen LogP contribution < -0.4 is 5.32 Å². The van der Waals surface area contributed by atoms with Gasteiger partial charge < -0.3 is 5.32 Å². The second kappa shape index (κ2) is 4.48. The highest BCUT2D eigenvalue weighted by Crippen LogP contribution is 2.27. The van der Waals surface area contributed by atoms with Crippen molar-refractivity contribution in [3.8, 4) is 0 Å². The molecule has 7 heteroatoms. The van der Waals surface area contributed by atoms with Gasteiger partial charge in [-0.3, -0.25) is 4.79 Å². The van der Waals surface area contributed by atoms with Crippen LogP contribution in [0.4, 0.5) is 18.9 Å². The fourth-order valence-corrected chi connectivity index (χ4v) is 0.897. The van der Waals surface area contributed by atoms with E-state index in [1.54, 1.807) is 0 Å². The number of pyridine rings is 1. The van der Waals surface area contributed by atoms with Gasteiger partial charge in [0.25, 0.3) is 0 Å². The summed E-state index contributed by atoms with van der Waals surface area (Å²) in [4.78, 5) is 13.9. The molecule has 0 aliphatic heterocycles. The molecule has 0 aliphatic carbocycles. The molecule has 15 heavy (non-hydrogen) atoms. The average molecular weight is 239 g/mol. The van der Waals surface area contributed by atoms with E-state index in [0.29, 0.717) is 0 Å². The molecule has 1 aromatic rings. The van der Waals surface area contributed by atoms with Crippen molar-refractivity contribution in [2.75, 3.05) is 11.2 Å². The first-order valence-electron chi connectivity index (χ1n) is 3.82. The van der Waals surface area contributed by atoms with Crippen LogP contribution >= 0.6 is 11.6 Å². The predicted octanol–water partition coefficient (Wildman–Crippen LogP) is 2.28. The molecule has 0 bridgehead atoms. The van der Waals surface area contributed by atoms with Gasteiger partial charge in [0, 0.05) is 0 Å². The normalized spacial score (nSPS) is 11.2. The number of amides is 1. The van der Waals surface area contributed by atoms with E-state index in [0.717, 1.165) is 18.3 Å². The van der Waals surface area contributed by atoms with Crippen molar-refractivity contribution >= 4 is 23.2 Å². The molecule has 1 rings (SSSR count). The first kappa shape index (κ1) is 11.8. The van der Waals surface area contributed by atoms with Crippen LogP contribution in [0.3, 0.4) is 0 Å². The van der Waals surface area contributed by atoms with Crippen LogP contribution in [0.1, 0.15) is 5.69 Å². The van der Waals surface area contributed by atoms with Crippen LogP contribution in [0, 0.1) is 0 Å². The van der Waals surface area contributed by atoms with Crippen LogP contribution in [0.15, 0.2) is 18.3 Å². The minimum atomic E-state index is -4.48. The Balaban J connectivity index is 2.77. The number of halogens is 4. The van der Waals surface area contributed by atoms with Gasteiger partial charge in [0.1, 0.15) is 11.6 Å².